The maximum atomic E-state index is 10.5. The Balaban J connectivity index is 2.77. The molecule has 0 aliphatic carbocycles. The Morgan fingerprint density at radius 2 is 2.23 bits per heavy atom. The molecule has 0 N–H and O–H groups in total. The smallest absolute Gasteiger partial charge is 0.258 e. The molecule has 1 aromatic heterocycles. The number of non-ortho nitro benzene ring substituents is 1. The Hall–Kier alpha value is -1.13. The molecule has 13 heavy (non-hydrogen) atoms. The van der Waals surface area contributed by atoms with Crippen LogP contribution in [0.1, 0.15) is 0 Å². The van der Waals surface area contributed by atoms with Gasteiger partial charge in [-0.25, -0.2) is 0 Å². The average molecular weight is 214 g/mol. The van der Waals surface area contributed by atoms with Crippen LogP contribution in [0.25, 0.3) is 10.1 Å². The van der Waals surface area contributed by atoms with E-state index < -0.39 is 4.92 Å². The molecule has 1 aromatic carbocycles. The first kappa shape index (κ1) is 8.47. The van der Waals surface area contributed by atoms with Crippen LogP contribution in [0.15, 0.2) is 23.6 Å². The van der Waals surface area contributed by atoms with E-state index >= 15 is 0 Å². The van der Waals surface area contributed by atoms with E-state index in [9.17, 15) is 10.1 Å². The predicted molar refractivity (Wildman–Crippen MR) is 53.5 cm³/mol. The molecule has 1 heterocycles. The molecule has 0 aliphatic rings. The van der Waals surface area contributed by atoms with Crippen LogP contribution in [0.5, 0.6) is 0 Å². The number of nitro groups is 1. The second kappa shape index (κ2) is 2.97. The molecule has 0 unspecified atom stereocenters. The summed E-state index contributed by atoms with van der Waals surface area (Å²) >= 11 is 7.33. The highest BCUT2D eigenvalue weighted by Crippen LogP contribution is 2.32. The van der Waals surface area contributed by atoms with Crippen molar-refractivity contribution in [2.45, 2.75) is 0 Å². The van der Waals surface area contributed by atoms with E-state index in [1.165, 1.54) is 23.5 Å². The topological polar surface area (TPSA) is 43.1 Å². The summed E-state index contributed by atoms with van der Waals surface area (Å²) in [6.45, 7) is 0. The van der Waals surface area contributed by atoms with Crippen molar-refractivity contribution in [3.8, 4) is 0 Å². The van der Waals surface area contributed by atoms with Gasteiger partial charge in [0.15, 0.2) is 0 Å². The maximum absolute atomic E-state index is 10.5. The fraction of sp³-hybridized carbons (Fsp3) is 0. The zero-order chi connectivity index (χ0) is 9.42. The van der Waals surface area contributed by atoms with Gasteiger partial charge in [0.2, 0.25) is 0 Å². The third-order valence-electron chi connectivity index (χ3n) is 1.70. The highest BCUT2D eigenvalue weighted by atomic mass is 35.5. The van der Waals surface area contributed by atoms with Gasteiger partial charge in [-0.3, -0.25) is 10.1 Å². The van der Waals surface area contributed by atoms with Gasteiger partial charge in [0, 0.05) is 17.5 Å². The van der Waals surface area contributed by atoms with Gasteiger partial charge in [-0.05, 0) is 11.4 Å². The molecule has 0 atom stereocenters. The minimum Gasteiger partial charge on any atom is -0.258 e. The standard InChI is InChI=1S/C8H4ClNO2S/c9-7-4-6(10(11)12)3-5-1-2-13-8(5)7/h1-4H. The van der Waals surface area contributed by atoms with Crippen LogP contribution in [0.2, 0.25) is 5.02 Å². The van der Waals surface area contributed by atoms with Crippen molar-refractivity contribution in [3.63, 3.8) is 0 Å². The van der Waals surface area contributed by atoms with Crippen LogP contribution in [0.4, 0.5) is 5.69 Å². The summed E-state index contributed by atoms with van der Waals surface area (Å²) in [6, 6.07) is 4.72. The molecular weight excluding hydrogens is 210 g/mol. The summed E-state index contributed by atoms with van der Waals surface area (Å²) in [6.07, 6.45) is 0. The summed E-state index contributed by atoms with van der Waals surface area (Å²) in [5.41, 5.74) is 0.0379. The Labute approximate surface area is 82.7 Å². The van der Waals surface area contributed by atoms with Crippen LogP contribution < -0.4 is 0 Å². The van der Waals surface area contributed by atoms with Gasteiger partial charge in [-0.15, -0.1) is 11.3 Å². The molecule has 0 saturated carbocycles. The number of fused-ring (bicyclic) bond motifs is 1. The van der Waals surface area contributed by atoms with Gasteiger partial charge in [0.05, 0.1) is 14.6 Å². The van der Waals surface area contributed by atoms with Gasteiger partial charge in [0.1, 0.15) is 0 Å². The van der Waals surface area contributed by atoms with E-state index in [1.54, 1.807) is 0 Å². The SMILES string of the molecule is O=[N+]([O-])c1cc(Cl)c2sccc2c1. The molecule has 0 fully saturated rings. The lowest BCUT2D eigenvalue weighted by Crippen LogP contribution is -1.86. The summed E-state index contributed by atoms with van der Waals surface area (Å²) in [5, 5.41) is 13.6. The van der Waals surface area contributed by atoms with Crippen molar-refractivity contribution in [3.05, 3.63) is 38.7 Å². The normalized spacial score (nSPS) is 10.5. The summed E-state index contributed by atoms with van der Waals surface area (Å²) in [5.74, 6) is 0. The van der Waals surface area contributed by atoms with Crippen LogP contribution in [-0.4, -0.2) is 4.92 Å². The van der Waals surface area contributed by atoms with Crippen molar-refractivity contribution in [1.82, 2.24) is 0 Å². The number of hydrogen-bond acceptors (Lipinski definition) is 3. The largest absolute Gasteiger partial charge is 0.271 e. The van der Waals surface area contributed by atoms with Crippen LogP contribution in [-0.2, 0) is 0 Å². The number of halogens is 1. The number of hydrogen-bond donors (Lipinski definition) is 0. The monoisotopic (exact) mass is 213 g/mol. The molecule has 0 amide bonds. The Bertz CT molecular complexity index is 480. The quantitative estimate of drug-likeness (QED) is 0.538. The van der Waals surface area contributed by atoms with Crippen molar-refractivity contribution in [2.24, 2.45) is 0 Å². The first-order valence-corrected chi connectivity index (χ1v) is 4.75. The van der Waals surface area contributed by atoms with E-state index in [0.29, 0.717) is 5.02 Å². The molecular formula is C8H4ClNO2S. The lowest BCUT2D eigenvalue weighted by Gasteiger charge is -1.94. The minimum atomic E-state index is -0.441. The van der Waals surface area contributed by atoms with Crippen molar-refractivity contribution >= 4 is 38.7 Å². The maximum Gasteiger partial charge on any atom is 0.271 e. The summed E-state index contributed by atoms with van der Waals surface area (Å²) in [7, 11) is 0. The number of thiophene rings is 1. The highest BCUT2D eigenvalue weighted by Gasteiger charge is 2.10. The van der Waals surface area contributed by atoms with Gasteiger partial charge in [-0.2, -0.15) is 0 Å². The molecule has 2 rings (SSSR count). The summed E-state index contributed by atoms with van der Waals surface area (Å²) < 4.78 is 0.896. The molecule has 0 radical (unpaired) electrons. The van der Waals surface area contributed by atoms with Crippen LogP contribution >= 0.6 is 22.9 Å². The van der Waals surface area contributed by atoms with E-state index in [0.717, 1.165) is 10.1 Å². The fourth-order valence-electron chi connectivity index (χ4n) is 1.13. The molecule has 0 saturated heterocycles. The Morgan fingerprint density at radius 3 is 2.92 bits per heavy atom. The van der Waals surface area contributed by atoms with Crippen molar-refractivity contribution in [2.75, 3.05) is 0 Å². The molecule has 5 heteroatoms. The van der Waals surface area contributed by atoms with Gasteiger partial charge < -0.3 is 0 Å². The molecule has 66 valence electrons. The average Bonchev–Trinajstić information content (AvgIpc) is 2.51. The molecule has 2 aromatic rings. The first-order valence-electron chi connectivity index (χ1n) is 3.49. The Morgan fingerprint density at radius 1 is 1.46 bits per heavy atom. The van der Waals surface area contributed by atoms with Gasteiger partial charge in [-0.1, -0.05) is 11.6 Å². The Kier molecular flexibility index (Phi) is 1.94. The van der Waals surface area contributed by atoms with Crippen molar-refractivity contribution < 1.29 is 4.92 Å². The second-order valence-corrected chi connectivity index (χ2v) is 3.85. The zero-order valence-electron chi connectivity index (χ0n) is 6.36. The van der Waals surface area contributed by atoms with Crippen LogP contribution in [0, 0.1) is 10.1 Å². The lowest BCUT2D eigenvalue weighted by atomic mass is 10.2. The van der Waals surface area contributed by atoms with E-state index in [1.807, 2.05) is 11.4 Å². The minimum absolute atomic E-state index is 0.0379. The van der Waals surface area contributed by atoms with Crippen molar-refractivity contribution in [1.29, 1.82) is 0 Å². The zero-order valence-corrected chi connectivity index (χ0v) is 7.93. The van der Waals surface area contributed by atoms with E-state index in [4.69, 9.17) is 11.6 Å². The lowest BCUT2D eigenvalue weighted by molar-refractivity contribution is -0.384. The molecule has 3 nitrogen and oxygen atoms in total. The van der Waals surface area contributed by atoms with Gasteiger partial charge in [0.25, 0.3) is 5.69 Å². The predicted octanol–water partition coefficient (Wildman–Crippen LogP) is 3.46. The second-order valence-electron chi connectivity index (χ2n) is 2.52. The molecule has 0 bridgehead atoms. The van der Waals surface area contributed by atoms with Crippen LogP contribution in [0.3, 0.4) is 0 Å². The highest BCUT2D eigenvalue weighted by molar-refractivity contribution is 7.17. The fourth-order valence-corrected chi connectivity index (χ4v) is 2.27. The third-order valence-corrected chi connectivity index (χ3v) is 3.08. The molecule has 0 spiro atoms. The van der Waals surface area contributed by atoms with E-state index in [-0.39, 0.29) is 5.69 Å². The summed E-state index contributed by atoms with van der Waals surface area (Å²) in [4.78, 5) is 10.0. The van der Waals surface area contributed by atoms with Gasteiger partial charge >= 0.3 is 0 Å². The number of nitrogens with zero attached hydrogens (tertiary/aromatic N) is 1. The van der Waals surface area contributed by atoms with E-state index in [2.05, 4.69) is 0 Å². The first-order chi connectivity index (χ1) is 6.18. The number of rotatable bonds is 1. The number of benzene rings is 1. The molecule has 0 aliphatic heterocycles. The third kappa shape index (κ3) is 1.38. The number of nitro benzene ring substituents is 1.